The fraction of sp³-hybridized carbons (Fsp3) is 0.600. The average Bonchev–Trinajstić information content (AvgIpc) is 2.36. The average molecular weight is 234 g/mol. The Hall–Kier alpha value is -1.02. The van der Waals surface area contributed by atoms with Crippen LogP contribution >= 0.6 is 0 Å². The molecule has 0 fully saturated rings. The zero-order valence-electron chi connectivity index (χ0n) is 11.1. The Morgan fingerprint density at radius 3 is 2.94 bits per heavy atom. The molecule has 2 nitrogen and oxygen atoms in total. The van der Waals surface area contributed by atoms with E-state index in [9.17, 15) is 0 Å². The number of hydrogen-bond donors (Lipinski definition) is 0. The molecule has 0 spiro atoms. The lowest BCUT2D eigenvalue weighted by Gasteiger charge is -2.23. The van der Waals surface area contributed by atoms with Crippen molar-refractivity contribution in [1.29, 1.82) is 0 Å². The van der Waals surface area contributed by atoms with E-state index >= 15 is 0 Å². The van der Waals surface area contributed by atoms with Crippen molar-refractivity contribution in [1.82, 2.24) is 0 Å². The number of rotatable bonds is 4. The first-order valence-electron chi connectivity index (χ1n) is 6.40. The largest absolute Gasteiger partial charge is 0.493 e. The summed E-state index contributed by atoms with van der Waals surface area (Å²) in [4.78, 5) is 0. The first-order valence-corrected chi connectivity index (χ1v) is 6.40. The summed E-state index contributed by atoms with van der Waals surface area (Å²) >= 11 is 0. The number of aryl methyl sites for hydroxylation is 2. The molecule has 1 aromatic carbocycles. The molecule has 0 amide bonds. The van der Waals surface area contributed by atoms with E-state index in [0.717, 1.165) is 38.0 Å². The zero-order valence-corrected chi connectivity index (χ0v) is 11.1. The van der Waals surface area contributed by atoms with Crippen LogP contribution in [0.3, 0.4) is 0 Å². The molecule has 2 rings (SSSR count). The quantitative estimate of drug-likeness (QED) is 0.795. The van der Waals surface area contributed by atoms with E-state index in [1.54, 1.807) is 7.11 Å². The molecular formula is C15H22O2. The van der Waals surface area contributed by atoms with Gasteiger partial charge in [-0.15, -0.1) is 0 Å². The summed E-state index contributed by atoms with van der Waals surface area (Å²) in [7, 11) is 1.78. The number of ether oxygens (including phenoxy) is 2. The van der Waals surface area contributed by atoms with Crippen LogP contribution in [0.15, 0.2) is 18.2 Å². The molecule has 1 aromatic rings. The van der Waals surface area contributed by atoms with Crippen LogP contribution in [0.1, 0.15) is 37.8 Å². The van der Waals surface area contributed by atoms with Gasteiger partial charge >= 0.3 is 0 Å². The maximum absolute atomic E-state index is 5.62. The summed E-state index contributed by atoms with van der Waals surface area (Å²) in [5.41, 5.74) is 2.72. The molecule has 17 heavy (non-hydrogen) atoms. The van der Waals surface area contributed by atoms with Gasteiger partial charge in [0.05, 0.1) is 12.2 Å². The third-order valence-corrected chi connectivity index (χ3v) is 3.54. The van der Waals surface area contributed by atoms with Crippen LogP contribution in [0.25, 0.3) is 0 Å². The molecule has 94 valence electrons. The molecule has 0 bridgehead atoms. The summed E-state index contributed by atoms with van der Waals surface area (Å²) < 4.78 is 11.1. The number of benzene rings is 1. The minimum absolute atomic E-state index is 0.0353. The molecule has 0 unspecified atom stereocenters. The molecule has 2 heteroatoms. The van der Waals surface area contributed by atoms with Gasteiger partial charge in [-0.05, 0) is 56.7 Å². The number of fused-ring (bicyclic) bond motifs is 1. The minimum Gasteiger partial charge on any atom is -0.493 e. The van der Waals surface area contributed by atoms with Gasteiger partial charge in [0.2, 0.25) is 0 Å². The van der Waals surface area contributed by atoms with E-state index in [-0.39, 0.29) is 5.60 Å². The van der Waals surface area contributed by atoms with Gasteiger partial charge in [-0.25, -0.2) is 0 Å². The Bertz CT molecular complexity index is 383. The van der Waals surface area contributed by atoms with Gasteiger partial charge in [0.15, 0.2) is 0 Å². The molecule has 0 radical (unpaired) electrons. The van der Waals surface area contributed by atoms with Crippen LogP contribution < -0.4 is 4.74 Å². The van der Waals surface area contributed by atoms with Crippen LogP contribution in [-0.2, 0) is 17.6 Å². The second kappa shape index (κ2) is 5.09. The van der Waals surface area contributed by atoms with E-state index in [4.69, 9.17) is 9.47 Å². The third-order valence-electron chi connectivity index (χ3n) is 3.54. The van der Waals surface area contributed by atoms with Crippen molar-refractivity contribution < 1.29 is 9.47 Å². The highest BCUT2D eigenvalue weighted by molar-refractivity contribution is 5.38. The van der Waals surface area contributed by atoms with E-state index in [1.165, 1.54) is 11.1 Å². The van der Waals surface area contributed by atoms with Crippen LogP contribution in [-0.4, -0.2) is 19.3 Å². The van der Waals surface area contributed by atoms with E-state index in [0.29, 0.717) is 0 Å². The highest BCUT2D eigenvalue weighted by atomic mass is 16.5. The topological polar surface area (TPSA) is 18.5 Å². The normalized spacial score (nSPS) is 15.2. The number of methoxy groups -OCH3 is 1. The molecule has 0 saturated carbocycles. The zero-order chi connectivity index (χ0) is 12.3. The lowest BCUT2D eigenvalue weighted by Crippen LogP contribution is -2.23. The van der Waals surface area contributed by atoms with Crippen LogP contribution in [0, 0.1) is 0 Å². The van der Waals surface area contributed by atoms with Gasteiger partial charge in [-0.3, -0.25) is 0 Å². The predicted molar refractivity (Wildman–Crippen MR) is 69.7 cm³/mol. The molecular weight excluding hydrogens is 212 g/mol. The molecule has 1 aliphatic heterocycles. The maximum Gasteiger partial charge on any atom is 0.122 e. The Morgan fingerprint density at radius 1 is 1.35 bits per heavy atom. The summed E-state index contributed by atoms with van der Waals surface area (Å²) in [6, 6.07) is 6.58. The van der Waals surface area contributed by atoms with Crippen molar-refractivity contribution in [2.75, 3.05) is 13.7 Å². The molecule has 1 aliphatic rings. The highest BCUT2D eigenvalue weighted by Crippen LogP contribution is 2.27. The van der Waals surface area contributed by atoms with Gasteiger partial charge in [-0.1, -0.05) is 12.1 Å². The molecule has 0 atom stereocenters. The standard InChI is InChI=1S/C15H22O2/c1-15(2,16-3)9-8-12-6-7-14-13(11-12)5-4-10-17-14/h6-7,11H,4-5,8-10H2,1-3H3. The van der Waals surface area contributed by atoms with Gasteiger partial charge < -0.3 is 9.47 Å². The van der Waals surface area contributed by atoms with Crippen molar-refractivity contribution in [2.45, 2.75) is 45.1 Å². The highest BCUT2D eigenvalue weighted by Gasteiger charge is 2.17. The van der Waals surface area contributed by atoms with Crippen molar-refractivity contribution in [2.24, 2.45) is 0 Å². The van der Waals surface area contributed by atoms with Gasteiger partial charge in [-0.2, -0.15) is 0 Å². The van der Waals surface area contributed by atoms with Crippen LogP contribution in [0.2, 0.25) is 0 Å². The van der Waals surface area contributed by atoms with E-state index in [1.807, 2.05) is 0 Å². The maximum atomic E-state index is 5.62. The summed E-state index contributed by atoms with van der Waals surface area (Å²) in [5.74, 6) is 1.08. The van der Waals surface area contributed by atoms with Crippen molar-refractivity contribution in [3.05, 3.63) is 29.3 Å². The lowest BCUT2D eigenvalue weighted by atomic mass is 9.96. The smallest absolute Gasteiger partial charge is 0.122 e. The molecule has 0 N–H and O–H groups in total. The predicted octanol–water partition coefficient (Wildman–Crippen LogP) is 3.37. The van der Waals surface area contributed by atoms with E-state index < -0.39 is 0 Å². The Morgan fingerprint density at radius 2 is 2.18 bits per heavy atom. The van der Waals surface area contributed by atoms with Crippen LogP contribution in [0.4, 0.5) is 0 Å². The molecule has 0 aliphatic carbocycles. The van der Waals surface area contributed by atoms with Gasteiger partial charge in [0, 0.05) is 7.11 Å². The van der Waals surface area contributed by atoms with Crippen molar-refractivity contribution in [3.63, 3.8) is 0 Å². The molecule has 1 heterocycles. The van der Waals surface area contributed by atoms with Gasteiger partial charge in [0.25, 0.3) is 0 Å². The first-order chi connectivity index (χ1) is 8.11. The summed E-state index contributed by atoms with van der Waals surface area (Å²) in [6.07, 6.45) is 4.40. The monoisotopic (exact) mass is 234 g/mol. The van der Waals surface area contributed by atoms with E-state index in [2.05, 4.69) is 32.0 Å². The Balaban J connectivity index is 2.02. The molecule has 0 saturated heterocycles. The minimum atomic E-state index is -0.0353. The fourth-order valence-electron chi connectivity index (χ4n) is 2.12. The first kappa shape index (κ1) is 12.4. The second-order valence-corrected chi connectivity index (χ2v) is 5.36. The SMILES string of the molecule is COC(C)(C)CCc1ccc2c(c1)CCCO2. The number of hydrogen-bond acceptors (Lipinski definition) is 2. The second-order valence-electron chi connectivity index (χ2n) is 5.36. The van der Waals surface area contributed by atoms with Crippen molar-refractivity contribution >= 4 is 0 Å². The Labute approximate surface area is 104 Å². The van der Waals surface area contributed by atoms with Crippen molar-refractivity contribution in [3.8, 4) is 5.75 Å². The Kier molecular flexibility index (Phi) is 3.72. The summed E-state index contributed by atoms with van der Waals surface area (Å²) in [5, 5.41) is 0. The third kappa shape index (κ3) is 3.22. The lowest BCUT2D eigenvalue weighted by molar-refractivity contribution is 0.0158. The summed E-state index contributed by atoms with van der Waals surface area (Å²) in [6.45, 7) is 5.13. The molecule has 0 aromatic heterocycles. The van der Waals surface area contributed by atoms with Crippen LogP contribution in [0.5, 0.6) is 5.75 Å². The fourth-order valence-corrected chi connectivity index (χ4v) is 2.12. The van der Waals surface area contributed by atoms with Gasteiger partial charge in [0.1, 0.15) is 5.75 Å².